The summed E-state index contributed by atoms with van der Waals surface area (Å²) in [5.41, 5.74) is 0.185. The molecular weight excluding hydrogens is 282 g/mol. The molecule has 0 saturated heterocycles. The van der Waals surface area contributed by atoms with Gasteiger partial charge < -0.3 is 5.32 Å². The van der Waals surface area contributed by atoms with Crippen LogP contribution in [0.4, 0.5) is 0 Å². The number of nitrogens with one attached hydrogen (secondary N) is 1. The van der Waals surface area contributed by atoms with Crippen LogP contribution in [0.3, 0.4) is 0 Å². The lowest BCUT2D eigenvalue weighted by Crippen LogP contribution is -2.54. The number of hydrogen-bond donors (Lipinski definition) is 1. The fourth-order valence-corrected chi connectivity index (χ4v) is 6.06. The summed E-state index contributed by atoms with van der Waals surface area (Å²) in [6, 6.07) is 0. The summed E-state index contributed by atoms with van der Waals surface area (Å²) >= 11 is 6.40. The summed E-state index contributed by atoms with van der Waals surface area (Å²) in [6.07, 6.45) is 8.50. The Bertz CT molecular complexity index is 377. The number of halogens is 1. The van der Waals surface area contributed by atoms with Gasteiger partial charge >= 0.3 is 0 Å². The molecule has 1 unspecified atom stereocenters. The Morgan fingerprint density at radius 3 is 2.05 bits per heavy atom. The smallest absolute Gasteiger partial charge is 0.226 e. The minimum absolute atomic E-state index is 0.0346. The number of carbonyl (C=O) groups excluding carboxylic acids is 1. The van der Waals surface area contributed by atoms with E-state index in [9.17, 15) is 4.79 Å². The fraction of sp³-hybridized carbons (Fsp3) is 0.944. The molecule has 0 aliphatic heterocycles. The van der Waals surface area contributed by atoms with Gasteiger partial charge in [0.15, 0.2) is 0 Å². The van der Waals surface area contributed by atoms with Gasteiger partial charge in [0.2, 0.25) is 5.91 Å². The quantitative estimate of drug-likeness (QED) is 0.768. The molecule has 3 heteroatoms. The van der Waals surface area contributed by atoms with E-state index in [-0.39, 0.29) is 16.2 Å². The molecule has 4 aliphatic carbocycles. The second kappa shape index (κ2) is 5.44. The summed E-state index contributed by atoms with van der Waals surface area (Å²) in [5.74, 6) is 2.77. The van der Waals surface area contributed by atoms with Crippen LogP contribution in [0.15, 0.2) is 0 Å². The summed E-state index contributed by atoms with van der Waals surface area (Å²) in [4.78, 5) is 12.8. The van der Waals surface area contributed by atoms with E-state index in [1.54, 1.807) is 0 Å². The molecule has 0 radical (unpaired) electrons. The number of rotatable bonds is 4. The van der Waals surface area contributed by atoms with Crippen molar-refractivity contribution in [3.8, 4) is 0 Å². The molecule has 1 atom stereocenters. The minimum atomic E-state index is -0.0346. The molecular formula is C18H30ClNO. The molecule has 21 heavy (non-hydrogen) atoms. The predicted octanol–water partition coefficient (Wildman–Crippen LogP) is 4.36. The van der Waals surface area contributed by atoms with Crippen LogP contribution in [0.5, 0.6) is 0 Å². The van der Waals surface area contributed by atoms with E-state index >= 15 is 0 Å². The summed E-state index contributed by atoms with van der Waals surface area (Å²) < 4.78 is 0. The maximum Gasteiger partial charge on any atom is 0.226 e. The molecule has 4 rings (SSSR count). The second-order valence-corrected chi connectivity index (χ2v) is 9.89. The van der Waals surface area contributed by atoms with Crippen LogP contribution >= 0.6 is 11.6 Å². The van der Waals surface area contributed by atoms with Crippen molar-refractivity contribution >= 4 is 17.5 Å². The van der Waals surface area contributed by atoms with Crippen LogP contribution < -0.4 is 5.32 Å². The van der Waals surface area contributed by atoms with E-state index in [1.165, 1.54) is 19.3 Å². The van der Waals surface area contributed by atoms with Crippen molar-refractivity contribution in [3.63, 3.8) is 0 Å². The SMILES string of the molecule is CC(C)(C)CC(Cl)CNC(=O)C12CC3CC(CC(C3)C1)C2. The Labute approximate surface area is 134 Å². The molecule has 2 nitrogen and oxygen atoms in total. The van der Waals surface area contributed by atoms with E-state index in [0.717, 1.165) is 43.4 Å². The van der Waals surface area contributed by atoms with Crippen LogP contribution in [0.25, 0.3) is 0 Å². The van der Waals surface area contributed by atoms with Gasteiger partial charge in [0.05, 0.1) is 5.38 Å². The third kappa shape index (κ3) is 3.41. The largest absolute Gasteiger partial charge is 0.354 e. The van der Waals surface area contributed by atoms with Crippen LogP contribution in [0.1, 0.15) is 65.7 Å². The molecule has 0 aromatic carbocycles. The van der Waals surface area contributed by atoms with E-state index in [4.69, 9.17) is 11.6 Å². The van der Waals surface area contributed by atoms with Gasteiger partial charge in [-0.3, -0.25) is 4.79 Å². The molecule has 1 amide bonds. The number of carbonyl (C=O) groups is 1. The molecule has 0 spiro atoms. The average molecular weight is 312 g/mol. The molecule has 0 aromatic heterocycles. The van der Waals surface area contributed by atoms with Crippen molar-refractivity contribution in [1.82, 2.24) is 5.32 Å². The van der Waals surface area contributed by atoms with Gasteiger partial charge in [-0.15, -0.1) is 11.6 Å². The highest BCUT2D eigenvalue weighted by Crippen LogP contribution is 2.60. The highest BCUT2D eigenvalue weighted by molar-refractivity contribution is 6.20. The lowest BCUT2D eigenvalue weighted by atomic mass is 9.49. The Balaban J connectivity index is 1.56. The van der Waals surface area contributed by atoms with Gasteiger partial charge in [0.25, 0.3) is 0 Å². The third-order valence-corrected chi connectivity index (χ3v) is 6.15. The molecule has 0 aromatic rings. The first-order valence-corrected chi connectivity index (χ1v) is 9.12. The summed E-state index contributed by atoms with van der Waals surface area (Å²) in [6.45, 7) is 7.22. The Morgan fingerprint density at radius 2 is 1.62 bits per heavy atom. The Morgan fingerprint density at radius 1 is 1.14 bits per heavy atom. The highest BCUT2D eigenvalue weighted by Gasteiger charge is 2.54. The summed E-state index contributed by atoms with van der Waals surface area (Å²) in [5, 5.41) is 3.24. The predicted molar refractivity (Wildman–Crippen MR) is 87.3 cm³/mol. The fourth-order valence-electron chi connectivity index (χ4n) is 5.52. The van der Waals surface area contributed by atoms with Gasteiger partial charge in [-0.1, -0.05) is 20.8 Å². The first-order chi connectivity index (χ1) is 9.76. The molecule has 1 N–H and O–H groups in total. The number of alkyl halides is 1. The molecule has 4 bridgehead atoms. The maximum absolute atomic E-state index is 12.8. The van der Waals surface area contributed by atoms with Gasteiger partial charge in [-0.25, -0.2) is 0 Å². The topological polar surface area (TPSA) is 29.1 Å². The minimum Gasteiger partial charge on any atom is -0.354 e. The first-order valence-electron chi connectivity index (χ1n) is 8.68. The number of hydrogen-bond acceptors (Lipinski definition) is 1. The maximum atomic E-state index is 12.8. The van der Waals surface area contributed by atoms with E-state index in [1.807, 2.05) is 0 Å². The molecule has 120 valence electrons. The zero-order valence-corrected chi connectivity index (χ0v) is 14.5. The van der Waals surface area contributed by atoms with Gasteiger partial charge in [0, 0.05) is 12.0 Å². The number of amides is 1. The summed E-state index contributed by atoms with van der Waals surface area (Å²) in [7, 11) is 0. The second-order valence-electron chi connectivity index (χ2n) is 9.27. The molecule has 4 saturated carbocycles. The standard InChI is InChI=1S/C18H30ClNO/c1-17(2,3)10-15(19)11-20-16(21)18-7-12-4-13(8-18)6-14(5-12)9-18/h12-15H,4-11H2,1-3H3,(H,20,21). The van der Waals surface area contributed by atoms with Crippen molar-refractivity contribution in [1.29, 1.82) is 0 Å². The lowest BCUT2D eigenvalue weighted by molar-refractivity contribution is -0.146. The van der Waals surface area contributed by atoms with Crippen LogP contribution in [0, 0.1) is 28.6 Å². The molecule has 4 fully saturated rings. The molecule has 0 heterocycles. The normalized spacial score (nSPS) is 39.3. The first kappa shape index (κ1) is 15.6. The third-order valence-electron chi connectivity index (χ3n) is 5.84. The van der Waals surface area contributed by atoms with Crippen LogP contribution in [0.2, 0.25) is 0 Å². The molecule has 4 aliphatic rings. The van der Waals surface area contributed by atoms with Crippen molar-refractivity contribution < 1.29 is 4.79 Å². The van der Waals surface area contributed by atoms with Crippen molar-refractivity contribution in [2.24, 2.45) is 28.6 Å². The Kier molecular flexibility index (Phi) is 4.05. The van der Waals surface area contributed by atoms with Crippen LogP contribution in [-0.2, 0) is 4.79 Å². The van der Waals surface area contributed by atoms with E-state index < -0.39 is 0 Å². The van der Waals surface area contributed by atoms with Crippen LogP contribution in [-0.4, -0.2) is 17.8 Å². The van der Waals surface area contributed by atoms with Crippen molar-refractivity contribution in [2.75, 3.05) is 6.54 Å². The Hall–Kier alpha value is -0.240. The van der Waals surface area contributed by atoms with E-state index in [2.05, 4.69) is 26.1 Å². The van der Waals surface area contributed by atoms with E-state index in [0.29, 0.717) is 12.5 Å². The van der Waals surface area contributed by atoms with Crippen molar-refractivity contribution in [2.45, 2.75) is 71.1 Å². The average Bonchev–Trinajstić information content (AvgIpc) is 2.32. The highest BCUT2D eigenvalue weighted by atomic mass is 35.5. The van der Waals surface area contributed by atoms with Crippen molar-refractivity contribution in [3.05, 3.63) is 0 Å². The van der Waals surface area contributed by atoms with Gasteiger partial charge in [0.1, 0.15) is 0 Å². The lowest BCUT2D eigenvalue weighted by Gasteiger charge is -2.55. The van der Waals surface area contributed by atoms with Gasteiger partial charge in [-0.2, -0.15) is 0 Å². The monoisotopic (exact) mass is 311 g/mol. The zero-order chi connectivity index (χ0) is 15.3. The van der Waals surface area contributed by atoms with Gasteiger partial charge in [-0.05, 0) is 68.1 Å². The zero-order valence-electron chi connectivity index (χ0n) is 13.8.